The van der Waals surface area contributed by atoms with E-state index in [2.05, 4.69) is 34.6 Å². The third-order valence-corrected chi connectivity index (χ3v) is 4.67. The predicted octanol–water partition coefficient (Wildman–Crippen LogP) is 0.691. The minimum absolute atomic E-state index is 0. The van der Waals surface area contributed by atoms with Crippen LogP contribution in [0.4, 0.5) is 0 Å². The van der Waals surface area contributed by atoms with E-state index in [9.17, 15) is 13.0 Å². The van der Waals surface area contributed by atoms with Gasteiger partial charge in [-0.1, -0.05) is 46.8 Å². The molecule has 0 fully saturated rings. The van der Waals surface area contributed by atoms with Gasteiger partial charge in [0.25, 0.3) is 0 Å². The molecule has 1 atom stereocenters. The molecular formula is C18H29KO5S. The fourth-order valence-electron chi connectivity index (χ4n) is 2.89. The maximum Gasteiger partial charge on any atom is 1.00 e. The molecule has 1 rings (SSSR count). The number of hydrogen-bond donors (Lipinski definition) is 0. The molecule has 0 saturated heterocycles. The molecular weight excluding hydrogens is 367 g/mol. The Labute approximate surface area is 195 Å². The third-order valence-electron chi connectivity index (χ3n) is 3.72. The Bertz CT molecular complexity index is 618. The van der Waals surface area contributed by atoms with Gasteiger partial charge in [-0.3, -0.25) is 0 Å². The molecule has 0 heterocycles. The molecule has 0 saturated carbocycles. The average molecular weight is 397 g/mol. The Kier molecular flexibility index (Phi) is 10.4. The van der Waals surface area contributed by atoms with Gasteiger partial charge in [-0.05, 0) is 41.9 Å². The van der Waals surface area contributed by atoms with E-state index >= 15 is 0 Å². The van der Waals surface area contributed by atoms with Gasteiger partial charge in [0.1, 0.15) is 27.9 Å². The van der Waals surface area contributed by atoms with Crippen LogP contribution in [0, 0.1) is 5.41 Å². The predicted molar refractivity (Wildman–Crippen MR) is 94.1 cm³/mol. The van der Waals surface area contributed by atoms with Crippen LogP contribution in [0.3, 0.4) is 0 Å². The van der Waals surface area contributed by atoms with Crippen molar-refractivity contribution >= 4 is 10.1 Å². The van der Waals surface area contributed by atoms with Gasteiger partial charge < -0.3 is 14.0 Å². The van der Waals surface area contributed by atoms with Crippen molar-refractivity contribution in [1.82, 2.24) is 0 Å². The fraction of sp³-hybridized carbons (Fsp3) is 0.667. The molecule has 1 aromatic rings. The molecule has 0 bridgehead atoms. The molecule has 0 amide bonds. The van der Waals surface area contributed by atoms with Crippen molar-refractivity contribution in [3.63, 3.8) is 0 Å². The second kappa shape index (κ2) is 10.2. The van der Waals surface area contributed by atoms with E-state index in [1.54, 1.807) is 0 Å². The SMILES string of the molecule is CC(OCCOc1ccc(C(C)(C)CC(C)(C)C)cc1)S(=O)(=O)[O-].[K+]. The smallest absolute Gasteiger partial charge is 0.746 e. The van der Waals surface area contributed by atoms with E-state index in [4.69, 9.17) is 9.47 Å². The van der Waals surface area contributed by atoms with Crippen LogP contribution in [0.15, 0.2) is 24.3 Å². The van der Waals surface area contributed by atoms with Gasteiger partial charge in [0.2, 0.25) is 0 Å². The Morgan fingerprint density at radius 1 is 1.04 bits per heavy atom. The Hall–Kier alpha value is 0.526. The van der Waals surface area contributed by atoms with Crippen LogP contribution in [-0.2, 0) is 20.3 Å². The molecule has 0 spiro atoms. The first-order chi connectivity index (χ1) is 10.8. The largest absolute Gasteiger partial charge is 1.00 e. The van der Waals surface area contributed by atoms with Crippen LogP contribution >= 0.6 is 0 Å². The molecule has 0 N–H and O–H groups in total. The van der Waals surface area contributed by atoms with Gasteiger partial charge >= 0.3 is 51.4 Å². The number of rotatable bonds is 8. The van der Waals surface area contributed by atoms with Gasteiger partial charge in [-0.25, -0.2) is 8.42 Å². The molecule has 0 aliphatic heterocycles. The topological polar surface area (TPSA) is 75.7 Å². The Morgan fingerprint density at radius 2 is 1.56 bits per heavy atom. The molecule has 1 unspecified atom stereocenters. The monoisotopic (exact) mass is 396 g/mol. The average Bonchev–Trinajstić information content (AvgIpc) is 2.40. The first kappa shape index (κ1) is 25.5. The van der Waals surface area contributed by atoms with Crippen molar-refractivity contribution in [2.45, 2.75) is 58.8 Å². The summed E-state index contributed by atoms with van der Waals surface area (Å²) in [5, 5.41) is 0. The van der Waals surface area contributed by atoms with Gasteiger partial charge in [0.15, 0.2) is 0 Å². The summed E-state index contributed by atoms with van der Waals surface area (Å²) >= 11 is 0. The third kappa shape index (κ3) is 9.86. The molecule has 25 heavy (non-hydrogen) atoms. The first-order valence-corrected chi connectivity index (χ1v) is 9.58. The zero-order chi connectivity index (χ0) is 18.6. The van der Waals surface area contributed by atoms with E-state index in [1.165, 1.54) is 12.5 Å². The number of ether oxygens (including phenoxy) is 2. The molecule has 0 aliphatic rings. The minimum atomic E-state index is -4.41. The van der Waals surface area contributed by atoms with Crippen molar-refractivity contribution in [2.75, 3.05) is 13.2 Å². The summed E-state index contributed by atoms with van der Waals surface area (Å²) in [6.45, 7) is 12.6. The maximum absolute atomic E-state index is 10.7. The van der Waals surface area contributed by atoms with Crippen LogP contribution in [0.2, 0.25) is 0 Å². The van der Waals surface area contributed by atoms with Crippen molar-refractivity contribution in [2.24, 2.45) is 5.41 Å². The van der Waals surface area contributed by atoms with Crippen LogP contribution in [0.25, 0.3) is 0 Å². The second-order valence-corrected chi connectivity index (χ2v) is 9.57. The molecule has 1 aromatic carbocycles. The van der Waals surface area contributed by atoms with Crippen molar-refractivity contribution in [3.05, 3.63) is 29.8 Å². The number of benzene rings is 1. The van der Waals surface area contributed by atoms with E-state index in [0.717, 1.165) is 6.42 Å². The van der Waals surface area contributed by atoms with Crippen molar-refractivity contribution in [3.8, 4) is 5.75 Å². The summed E-state index contributed by atoms with van der Waals surface area (Å²) in [6, 6.07) is 7.89. The molecule has 0 aliphatic carbocycles. The van der Waals surface area contributed by atoms with Crippen LogP contribution < -0.4 is 56.1 Å². The fourth-order valence-corrected chi connectivity index (χ4v) is 3.15. The second-order valence-electron chi connectivity index (χ2n) is 7.93. The summed E-state index contributed by atoms with van der Waals surface area (Å²) in [5.74, 6) is 0.687. The van der Waals surface area contributed by atoms with E-state index in [-0.39, 0.29) is 75.4 Å². The van der Waals surface area contributed by atoms with Gasteiger partial charge in [-0.15, -0.1) is 0 Å². The standard InChI is InChI=1S/C18H30O5S.K/c1-14(24(19,20)21)22-11-12-23-16-9-7-15(8-10-16)18(5,6)13-17(2,3)4;/h7-10,14H,11-13H2,1-6H3,(H,19,20,21);/q;+1/p-1. The molecule has 5 nitrogen and oxygen atoms in total. The number of hydrogen-bond acceptors (Lipinski definition) is 5. The zero-order valence-corrected chi connectivity index (χ0v) is 20.4. The normalized spacial score (nSPS) is 13.9. The maximum atomic E-state index is 10.7. The molecule has 7 heteroatoms. The minimum Gasteiger partial charge on any atom is -0.746 e. The van der Waals surface area contributed by atoms with Gasteiger partial charge in [0, 0.05) is 0 Å². The zero-order valence-electron chi connectivity index (χ0n) is 16.5. The summed E-state index contributed by atoms with van der Waals surface area (Å²) in [7, 11) is -4.41. The van der Waals surface area contributed by atoms with Crippen LogP contribution in [-0.4, -0.2) is 31.6 Å². The summed E-state index contributed by atoms with van der Waals surface area (Å²) in [5.41, 5.74) is 0.195. The van der Waals surface area contributed by atoms with Crippen LogP contribution in [0.1, 0.15) is 53.5 Å². The molecule has 138 valence electrons. The summed E-state index contributed by atoms with van der Waals surface area (Å²) < 4.78 is 42.6. The summed E-state index contributed by atoms with van der Waals surface area (Å²) in [6.07, 6.45) is 1.07. The Balaban J connectivity index is 0.00000576. The quantitative estimate of drug-likeness (QED) is 0.367. The molecule has 0 aromatic heterocycles. The van der Waals surface area contributed by atoms with Crippen molar-refractivity contribution in [1.29, 1.82) is 0 Å². The van der Waals surface area contributed by atoms with E-state index in [1.807, 2.05) is 24.3 Å². The van der Waals surface area contributed by atoms with Crippen LogP contribution in [0.5, 0.6) is 5.75 Å². The van der Waals surface area contributed by atoms with E-state index in [0.29, 0.717) is 5.75 Å². The first-order valence-electron chi connectivity index (χ1n) is 8.11. The van der Waals surface area contributed by atoms with Crippen molar-refractivity contribution < 1.29 is 73.8 Å². The van der Waals surface area contributed by atoms with E-state index < -0.39 is 15.6 Å². The Morgan fingerprint density at radius 3 is 2.00 bits per heavy atom. The van der Waals surface area contributed by atoms with Gasteiger partial charge in [0.05, 0.1) is 6.61 Å². The van der Waals surface area contributed by atoms with Gasteiger partial charge in [-0.2, -0.15) is 0 Å². The molecule has 0 radical (unpaired) electrons. The summed E-state index contributed by atoms with van der Waals surface area (Å²) in [4.78, 5) is 0.